The van der Waals surface area contributed by atoms with Crippen molar-refractivity contribution in [1.29, 1.82) is 5.41 Å². The summed E-state index contributed by atoms with van der Waals surface area (Å²) in [5.41, 5.74) is 9.73. The summed E-state index contributed by atoms with van der Waals surface area (Å²) in [7, 11) is 2.14. The zero-order chi connectivity index (χ0) is 36.7. The minimum absolute atomic E-state index is 0.0777. The van der Waals surface area contributed by atoms with Crippen LogP contribution in [0.3, 0.4) is 0 Å². The lowest BCUT2D eigenvalue weighted by atomic mass is 9.97. The van der Waals surface area contributed by atoms with Gasteiger partial charge in [0.05, 0.1) is 10.6 Å². The maximum atomic E-state index is 13.1. The highest BCUT2D eigenvalue weighted by atomic mass is 35.5. The molecule has 1 aliphatic carbocycles. The Morgan fingerprint density at radius 1 is 1.15 bits per heavy atom. The second kappa shape index (κ2) is 25.2. The van der Waals surface area contributed by atoms with Gasteiger partial charge in [0, 0.05) is 11.7 Å². The van der Waals surface area contributed by atoms with E-state index in [1.807, 2.05) is 85.7 Å². The highest BCUT2D eigenvalue weighted by Gasteiger charge is 2.28. The van der Waals surface area contributed by atoms with Gasteiger partial charge in [-0.3, -0.25) is 15.0 Å². The first-order valence-corrected chi connectivity index (χ1v) is 17.8. The fourth-order valence-corrected chi connectivity index (χ4v) is 4.85. The second-order valence-corrected chi connectivity index (χ2v) is 12.3. The Hall–Kier alpha value is -2.81. The van der Waals surface area contributed by atoms with Crippen LogP contribution in [0.25, 0.3) is 5.57 Å². The Bertz CT molecular complexity index is 1220. The van der Waals surface area contributed by atoms with Gasteiger partial charge in [0.25, 0.3) is 0 Å². The van der Waals surface area contributed by atoms with E-state index in [0.717, 1.165) is 55.6 Å². The van der Waals surface area contributed by atoms with E-state index in [0.29, 0.717) is 17.0 Å². The molecule has 0 bridgehead atoms. The summed E-state index contributed by atoms with van der Waals surface area (Å²) >= 11 is 9.72. The molecule has 0 saturated carbocycles. The van der Waals surface area contributed by atoms with Gasteiger partial charge < -0.3 is 20.3 Å². The number of hydrogen-bond acceptors (Lipinski definition) is 6. The molecular formula is C38H63ClN4O3S. The quantitative estimate of drug-likeness (QED) is 0.0658. The molecule has 0 amide bonds. The number of carbonyl (C=O) groups excluding carboxylic acids is 2. The molecule has 9 heteroatoms. The van der Waals surface area contributed by atoms with Crippen LogP contribution in [0.15, 0.2) is 64.6 Å². The average Bonchev–Trinajstić information content (AvgIpc) is 3.06. The first-order chi connectivity index (χ1) is 22.2. The molecule has 0 aromatic heterocycles. The van der Waals surface area contributed by atoms with Crippen LogP contribution in [-0.4, -0.2) is 53.9 Å². The number of likely N-dealkylation sites (tertiary alicyclic amines) is 1. The lowest BCUT2D eigenvalue weighted by Crippen LogP contribution is -2.47. The molecule has 1 saturated heterocycles. The van der Waals surface area contributed by atoms with E-state index < -0.39 is 5.60 Å². The number of carbonyl (C=O) groups is 2. The van der Waals surface area contributed by atoms with Crippen molar-refractivity contribution >= 4 is 52.7 Å². The summed E-state index contributed by atoms with van der Waals surface area (Å²) in [6.45, 7) is 23.3. The van der Waals surface area contributed by atoms with Gasteiger partial charge in [-0.15, -0.1) is 12.6 Å². The van der Waals surface area contributed by atoms with E-state index in [-0.39, 0.29) is 28.3 Å². The minimum atomic E-state index is -0.517. The first kappa shape index (κ1) is 46.3. The molecule has 1 aromatic carbocycles. The van der Waals surface area contributed by atoms with Crippen LogP contribution in [0.1, 0.15) is 114 Å². The average molecular weight is 691 g/mol. The maximum absolute atomic E-state index is 13.1. The van der Waals surface area contributed by atoms with Crippen LogP contribution < -0.4 is 10.6 Å². The molecular weight excluding hydrogens is 628 g/mol. The molecule has 0 unspecified atom stereocenters. The Kier molecular flexibility index (Phi) is 24.9. The number of ether oxygens (including phenoxy) is 1. The predicted molar refractivity (Wildman–Crippen MR) is 209 cm³/mol. The van der Waals surface area contributed by atoms with E-state index >= 15 is 0 Å². The molecule has 47 heavy (non-hydrogen) atoms. The van der Waals surface area contributed by atoms with Crippen LogP contribution in [0.5, 0.6) is 0 Å². The molecule has 1 aromatic rings. The number of allylic oxidation sites excluding steroid dienone is 6. The number of piperidine rings is 1. The van der Waals surface area contributed by atoms with Crippen LogP contribution in [0, 0.1) is 5.41 Å². The number of hydrogen-bond donors (Lipinski definition) is 3. The SMILES string of the molecule is C/C(C(=O)/C(Cl)=C(\C)c1cccc(N(C(=N)C2=CC=CCC2)C2CCN(C)CC2)c1)=C(\N)OC(C)(C)C.CC.CC.CCC.O=CS. The molecule has 3 rings (SSSR count). The molecule has 2 aliphatic rings. The summed E-state index contributed by atoms with van der Waals surface area (Å²) in [6, 6.07) is 8.21. The van der Waals surface area contributed by atoms with E-state index in [9.17, 15) is 4.79 Å². The van der Waals surface area contributed by atoms with Gasteiger partial charge in [-0.2, -0.15) is 0 Å². The van der Waals surface area contributed by atoms with Gasteiger partial charge in [0.2, 0.25) is 5.78 Å². The van der Waals surface area contributed by atoms with E-state index in [2.05, 4.69) is 55.5 Å². The molecule has 1 fully saturated rings. The van der Waals surface area contributed by atoms with E-state index in [1.54, 1.807) is 6.92 Å². The monoisotopic (exact) mass is 690 g/mol. The zero-order valence-electron chi connectivity index (χ0n) is 31.2. The van der Waals surface area contributed by atoms with Crippen LogP contribution in [0.2, 0.25) is 0 Å². The van der Waals surface area contributed by atoms with Crippen molar-refractivity contribution in [3.63, 3.8) is 0 Å². The number of amidine groups is 1. The minimum Gasteiger partial charge on any atom is -0.473 e. The summed E-state index contributed by atoms with van der Waals surface area (Å²) in [6.07, 6.45) is 11.3. The van der Waals surface area contributed by atoms with Gasteiger partial charge in [0.1, 0.15) is 11.4 Å². The predicted octanol–water partition coefficient (Wildman–Crippen LogP) is 9.96. The van der Waals surface area contributed by atoms with Crippen molar-refractivity contribution in [2.45, 2.75) is 120 Å². The van der Waals surface area contributed by atoms with Crippen molar-refractivity contribution in [2.24, 2.45) is 5.73 Å². The normalized spacial score (nSPS) is 15.5. The topological polar surface area (TPSA) is 99.7 Å². The van der Waals surface area contributed by atoms with Gasteiger partial charge in [-0.1, -0.05) is 89.9 Å². The number of nitrogens with two attached hydrogens (primary N) is 1. The number of rotatable bonds is 7. The fraction of sp³-hybridized carbons (Fsp3) is 0.553. The van der Waals surface area contributed by atoms with Crippen LogP contribution in [-0.2, 0) is 14.3 Å². The number of anilines is 1. The Balaban J connectivity index is 0. The lowest BCUT2D eigenvalue weighted by Gasteiger charge is -2.39. The van der Waals surface area contributed by atoms with Crippen molar-refractivity contribution in [2.75, 3.05) is 25.0 Å². The molecule has 0 radical (unpaired) electrons. The molecule has 0 spiro atoms. The largest absolute Gasteiger partial charge is 0.473 e. The van der Waals surface area contributed by atoms with E-state index in [4.69, 9.17) is 32.3 Å². The molecule has 3 N–H and O–H groups in total. The number of nitrogens with zero attached hydrogens (tertiary/aromatic N) is 2. The number of ketones is 1. The maximum Gasteiger partial charge on any atom is 0.205 e. The third-order valence-electron chi connectivity index (χ3n) is 6.82. The van der Waals surface area contributed by atoms with Crippen molar-refractivity contribution in [1.82, 2.24) is 4.90 Å². The number of nitrogens with one attached hydrogen (secondary N) is 1. The standard InChI is InChI=1S/C30H41ClN4O2.C3H8.2C2H6.CH2OS/c1-20(26(31)27(36)21(2)29(33)37-30(3,4)5)23-13-10-14-25(19-23)35(24-15-17-34(6)18-16-24)28(32)22-11-8-7-9-12-22;1-3-2;2*1-2;2-1-3/h7-8,10-11,13-14,19,24,32H,9,12,15-18,33H2,1-6H3;3H2,1-2H3;2*1-2H3;1H,(H,2,3)/b26-20-,29-21-,32-28?;;;;. The van der Waals surface area contributed by atoms with Crippen molar-refractivity contribution < 1.29 is 14.3 Å². The fourth-order valence-electron chi connectivity index (χ4n) is 4.60. The third-order valence-corrected chi connectivity index (χ3v) is 7.28. The molecule has 266 valence electrons. The van der Waals surface area contributed by atoms with Crippen LogP contribution in [0.4, 0.5) is 5.69 Å². The van der Waals surface area contributed by atoms with Crippen molar-refractivity contribution in [3.05, 3.63) is 70.1 Å². The Labute approximate surface area is 297 Å². The van der Waals surface area contributed by atoms with E-state index in [1.165, 1.54) is 6.42 Å². The molecule has 1 aliphatic heterocycles. The molecule has 7 nitrogen and oxygen atoms in total. The zero-order valence-corrected chi connectivity index (χ0v) is 32.8. The molecule has 0 atom stereocenters. The lowest BCUT2D eigenvalue weighted by molar-refractivity contribution is -0.112. The summed E-state index contributed by atoms with van der Waals surface area (Å²) in [5, 5.41) is 9.26. The van der Waals surface area contributed by atoms with Crippen molar-refractivity contribution in [3.8, 4) is 0 Å². The van der Waals surface area contributed by atoms with Gasteiger partial charge >= 0.3 is 0 Å². The third kappa shape index (κ3) is 16.7. The first-order valence-electron chi connectivity index (χ1n) is 16.9. The number of thiol groups is 1. The second-order valence-electron chi connectivity index (χ2n) is 11.7. The van der Waals surface area contributed by atoms with Gasteiger partial charge in [-0.25, -0.2) is 0 Å². The number of benzene rings is 1. The molecule has 1 heterocycles. The Morgan fingerprint density at radius 2 is 1.68 bits per heavy atom. The highest BCUT2D eigenvalue weighted by Crippen LogP contribution is 2.32. The Morgan fingerprint density at radius 3 is 2.15 bits per heavy atom. The number of Topliss-reactive ketones (excluding diaryl/α,β-unsaturated/α-hetero) is 1. The van der Waals surface area contributed by atoms with Gasteiger partial charge in [-0.05, 0) is 109 Å². The highest BCUT2D eigenvalue weighted by molar-refractivity contribution is 7.94. The summed E-state index contributed by atoms with van der Waals surface area (Å²) < 4.78 is 5.68. The smallest absolute Gasteiger partial charge is 0.205 e. The summed E-state index contributed by atoms with van der Waals surface area (Å²) in [4.78, 5) is 26.3. The van der Waals surface area contributed by atoms with Crippen LogP contribution >= 0.6 is 24.2 Å². The summed E-state index contributed by atoms with van der Waals surface area (Å²) in [5.74, 6) is 0.269. The van der Waals surface area contributed by atoms with Gasteiger partial charge in [0.15, 0.2) is 11.5 Å². The number of halogens is 1.